The second-order valence-corrected chi connectivity index (χ2v) is 13.1. The smallest absolute Gasteiger partial charge is 0.337 e. The molecule has 3 aliphatic rings. The lowest BCUT2D eigenvalue weighted by molar-refractivity contribution is -0.140. The Morgan fingerprint density at radius 2 is 0.711 bits per heavy atom. The Balaban J connectivity index is 2.02. The Kier molecular flexibility index (Phi) is 14.6. The van der Waals surface area contributed by atoms with E-state index in [1.165, 1.54) is 57.8 Å². The van der Waals surface area contributed by atoms with Gasteiger partial charge in [0.05, 0.1) is 0 Å². The van der Waals surface area contributed by atoms with Crippen LogP contribution in [0.1, 0.15) is 173 Å². The largest absolute Gasteiger partial charge is 0.511 e. The van der Waals surface area contributed by atoms with Crippen LogP contribution in [0.2, 0.25) is 0 Å². The molecule has 0 aliphatic heterocycles. The maximum Gasteiger partial charge on any atom is 0.337 e. The van der Waals surface area contributed by atoms with Crippen molar-refractivity contribution in [3.63, 3.8) is 0 Å². The molecule has 0 aromatic carbocycles. The first kappa shape index (κ1) is 31.5. The monoisotopic (exact) mass is 532 g/mol. The summed E-state index contributed by atoms with van der Waals surface area (Å²) in [4.78, 5) is 13.2. The normalized spacial score (nSPS) is 25.2. The lowest BCUT2D eigenvalue weighted by Crippen LogP contribution is -2.50. The van der Waals surface area contributed by atoms with Gasteiger partial charge in [0.2, 0.25) is 0 Å². The third-order valence-electron chi connectivity index (χ3n) is 10.3. The van der Waals surface area contributed by atoms with Crippen molar-refractivity contribution in [2.75, 3.05) is 0 Å². The number of carboxylic acids is 1. The number of rotatable bonds is 5. The summed E-state index contributed by atoms with van der Waals surface area (Å²) in [6.45, 7) is 0. The minimum Gasteiger partial charge on any atom is -0.511 e. The molecular formula is C34H60O4. The van der Waals surface area contributed by atoms with Gasteiger partial charge in [-0.1, -0.05) is 135 Å². The van der Waals surface area contributed by atoms with E-state index in [0.717, 1.165) is 116 Å². The number of hydrogen-bond donors (Lipinski definition) is 3. The van der Waals surface area contributed by atoms with Gasteiger partial charge >= 0.3 is 5.97 Å². The highest BCUT2D eigenvalue weighted by Gasteiger charge is 2.50. The third-order valence-corrected chi connectivity index (χ3v) is 10.3. The third kappa shape index (κ3) is 9.56. The van der Waals surface area contributed by atoms with E-state index < -0.39 is 11.6 Å². The fraction of sp³-hybridized carbons (Fsp3) is 0.912. The summed E-state index contributed by atoms with van der Waals surface area (Å²) in [6, 6.07) is 0. The Morgan fingerprint density at radius 3 is 1.00 bits per heavy atom. The molecule has 0 atom stereocenters. The van der Waals surface area contributed by atoms with E-state index in [2.05, 4.69) is 0 Å². The van der Waals surface area contributed by atoms with Gasteiger partial charge in [-0.2, -0.15) is 0 Å². The number of carbonyl (C=O) groups is 1. The van der Waals surface area contributed by atoms with Crippen molar-refractivity contribution in [3.05, 3.63) is 11.3 Å². The molecule has 0 unspecified atom stereocenters. The van der Waals surface area contributed by atoms with Crippen molar-refractivity contribution in [2.45, 2.75) is 179 Å². The van der Waals surface area contributed by atoms with Crippen molar-refractivity contribution in [1.82, 2.24) is 0 Å². The lowest BCUT2D eigenvalue weighted by atomic mass is 9.64. The van der Waals surface area contributed by atoms with Crippen LogP contribution in [0.25, 0.3) is 0 Å². The first-order valence-electron chi connectivity index (χ1n) is 16.9. The molecule has 0 radical (unpaired) electrons. The summed E-state index contributed by atoms with van der Waals surface area (Å²) in [5, 5.41) is 35.6. The van der Waals surface area contributed by atoms with Crippen LogP contribution in [0, 0.1) is 17.8 Å². The van der Waals surface area contributed by atoms with Gasteiger partial charge in [-0.3, -0.25) is 0 Å². The number of carboxylic acid groups (broad SMARTS) is 1. The van der Waals surface area contributed by atoms with Gasteiger partial charge < -0.3 is 15.3 Å². The molecule has 220 valence electrons. The van der Waals surface area contributed by atoms with E-state index >= 15 is 0 Å². The van der Waals surface area contributed by atoms with Crippen molar-refractivity contribution >= 4 is 5.97 Å². The molecule has 4 heteroatoms. The molecule has 4 nitrogen and oxygen atoms in total. The summed E-state index contributed by atoms with van der Waals surface area (Å²) in [5.41, 5.74) is -1.44. The Bertz CT molecular complexity index is 643. The zero-order chi connectivity index (χ0) is 27.1. The van der Waals surface area contributed by atoms with Gasteiger partial charge in [-0.25, -0.2) is 4.79 Å². The number of aliphatic hydroxyl groups excluding tert-OH is 1. The zero-order valence-corrected chi connectivity index (χ0v) is 24.6. The lowest BCUT2D eigenvalue weighted by Gasteiger charge is -2.44. The van der Waals surface area contributed by atoms with Gasteiger partial charge in [0.1, 0.15) is 16.9 Å². The molecule has 0 heterocycles. The van der Waals surface area contributed by atoms with E-state index in [-0.39, 0.29) is 29.1 Å². The van der Waals surface area contributed by atoms with Crippen LogP contribution in [0.4, 0.5) is 0 Å². The summed E-state index contributed by atoms with van der Waals surface area (Å²) in [6.07, 6.45) is 29.7. The number of allylic oxidation sites excluding steroid dienone is 1. The fourth-order valence-electron chi connectivity index (χ4n) is 8.01. The van der Waals surface area contributed by atoms with Crippen LogP contribution in [-0.2, 0) is 4.79 Å². The van der Waals surface area contributed by atoms with Gasteiger partial charge in [-0.15, -0.1) is 0 Å². The molecule has 0 aromatic heterocycles. The highest BCUT2D eigenvalue weighted by atomic mass is 16.4. The van der Waals surface area contributed by atoms with Crippen molar-refractivity contribution < 1.29 is 20.1 Å². The predicted molar refractivity (Wildman–Crippen MR) is 157 cm³/mol. The summed E-state index contributed by atoms with van der Waals surface area (Å²) in [7, 11) is 0. The summed E-state index contributed by atoms with van der Waals surface area (Å²) in [5.74, 6) is -1.33. The maximum absolute atomic E-state index is 13.2. The van der Waals surface area contributed by atoms with Gasteiger partial charge in [0.15, 0.2) is 0 Å². The summed E-state index contributed by atoms with van der Waals surface area (Å²) >= 11 is 0. The van der Waals surface area contributed by atoms with Crippen molar-refractivity contribution in [3.8, 4) is 0 Å². The summed E-state index contributed by atoms with van der Waals surface area (Å²) < 4.78 is 0. The topological polar surface area (TPSA) is 77.8 Å². The SMILES string of the molecule is O=C(O)C(=C(O)C1CCCCCCCCC1)C(O)(C1CCCCCCCCC1)C1CCCCCCCCC1. The molecule has 38 heavy (non-hydrogen) atoms. The Labute approximate surface area is 234 Å². The standard InChI is InChI=1S/C34H60O4/c35-32(28-22-16-10-4-1-5-11-17-23-28)31(33(36)37)34(38,29-24-18-12-6-2-7-13-19-25-29)30-26-20-14-8-3-9-15-21-27-30/h28-30,35,38H,1-27H2,(H,36,37). The van der Waals surface area contributed by atoms with Crippen LogP contribution in [-0.4, -0.2) is 26.9 Å². The van der Waals surface area contributed by atoms with Crippen molar-refractivity contribution in [1.29, 1.82) is 0 Å². The van der Waals surface area contributed by atoms with Crippen LogP contribution in [0.3, 0.4) is 0 Å². The van der Waals surface area contributed by atoms with E-state index in [0.29, 0.717) is 0 Å². The molecule has 0 saturated heterocycles. The minimum absolute atomic E-state index is 0.00341. The molecule has 3 saturated carbocycles. The first-order chi connectivity index (χ1) is 18.5. The number of aliphatic carboxylic acids is 1. The van der Waals surface area contributed by atoms with E-state index in [1.54, 1.807) is 0 Å². The van der Waals surface area contributed by atoms with Crippen molar-refractivity contribution in [2.24, 2.45) is 17.8 Å². The highest BCUT2D eigenvalue weighted by Crippen LogP contribution is 2.47. The van der Waals surface area contributed by atoms with Gasteiger partial charge in [0.25, 0.3) is 0 Å². The second kappa shape index (κ2) is 17.6. The average Bonchev–Trinajstić information content (AvgIpc) is 2.92. The first-order valence-corrected chi connectivity index (χ1v) is 16.9. The minimum atomic E-state index is -1.44. The molecular weight excluding hydrogens is 472 g/mol. The molecule has 0 bridgehead atoms. The molecule has 3 aliphatic carbocycles. The van der Waals surface area contributed by atoms with Crippen LogP contribution < -0.4 is 0 Å². The van der Waals surface area contributed by atoms with E-state index in [4.69, 9.17) is 0 Å². The Hall–Kier alpha value is -1.03. The number of hydrogen-bond acceptors (Lipinski definition) is 3. The molecule has 0 aromatic rings. The van der Waals surface area contributed by atoms with Crippen LogP contribution in [0.15, 0.2) is 11.3 Å². The van der Waals surface area contributed by atoms with Gasteiger partial charge in [-0.05, 0) is 50.4 Å². The van der Waals surface area contributed by atoms with Gasteiger partial charge in [0, 0.05) is 5.92 Å². The second-order valence-electron chi connectivity index (χ2n) is 13.1. The molecule has 0 amide bonds. The Morgan fingerprint density at radius 1 is 0.447 bits per heavy atom. The average molecular weight is 533 g/mol. The van der Waals surface area contributed by atoms with E-state index in [1.807, 2.05) is 0 Å². The highest BCUT2D eigenvalue weighted by molar-refractivity contribution is 5.89. The predicted octanol–water partition coefficient (Wildman–Crippen LogP) is 10.0. The van der Waals surface area contributed by atoms with Crippen LogP contribution >= 0.6 is 0 Å². The van der Waals surface area contributed by atoms with E-state index in [9.17, 15) is 20.1 Å². The number of aliphatic hydroxyl groups is 2. The fourth-order valence-corrected chi connectivity index (χ4v) is 8.01. The quantitative estimate of drug-likeness (QED) is 0.243. The molecule has 3 fully saturated rings. The molecule has 0 spiro atoms. The molecule has 3 rings (SSSR count). The zero-order valence-electron chi connectivity index (χ0n) is 24.6. The van der Waals surface area contributed by atoms with Crippen LogP contribution in [0.5, 0.6) is 0 Å². The molecule has 3 N–H and O–H groups in total. The maximum atomic E-state index is 13.2.